The standard InChI is InChI=1S/C11H17BN2O2/c1-12(16)14-8-6-13(7-9-14)10-4-2-3-5-11(10)15/h2-5,15-16H,6-9H2,1H3. The lowest BCUT2D eigenvalue weighted by Gasteiger charge is -2.36. The molecule has 1 heterocycles. The van der Waals surface area contributed by atoms with E-state index in [2.05, 4.69) is 4.90 Å². The molecule has 0 unspecified atom stereocenters. The fourth-order valence-electron chi connectivity index (χ4n) is 2.07. The first-order chi connectivity index (χ1) is 7.68. The van der Waals surface area contributed by atoms with Crippen LogP contribution in [0.3, 0.4) is 0 Å². The number of nitrogens with zero attached hydrogens (tertiary/aromatic N) is 2. The van der Waals surface area contributed by atoms with Crippen LogP contribution in [0.15, 0.2) is 24.3 Å². The molecule has 0 amide bonds. The Kier molecular flexibility index (Phi) is 3.36. The van der Waals surface area contributed by atoms with Gasteiger partial charge in [-0.25, -0.2) is 0 Å². The number of aromatic hydroxyl groups is 1. The summed E-state index contributed by atoms with van der Waals surface area (Å²) < 4.78 is 0. The summed E-state index contributed by atoms with van der Waals surface area (Å²) in [5.74, 6) is 0.327. The molecule has 0 bridgehead atoms. The van der Waals surface area contributed by atoms with Crippen molar-refractivity contribution in [2.24, 2.45) is 0 Å². The van der Waals surface area contributed by atoms with Gasteiger partial charge in [-0.3, -0.25) is 0 Å². The number of phenolic OH excluding ortho intramolecular Hbond substituents is 1. The first kappa shape index (κ1) is 11.3. The van der Waals surface area contributed by atoms with Crippen LogP contribution < -0.4 is 4.90 Å². The molecule has 16 heavy (non-hydrogen) atoms. The van der Waals surface area contributed by atoms with Crippen molar-refractivity contribution >= 4 is 12.7 Å². The van der Waals surface area contributed by atoms with Crippen LogP contribution in [0.4, 0.5) is 5.69 Å². The zero-order chi connectivity index (χ0) is 11.5. The van der Waals surface area contributed by atoms with Crippen LogP contribution in [0, 0.1) is 0 Å². The summed E-state index contributed by atoms with van der Waals surface area (Å²) in [7, 11) is -0.383. The molecule has 0 radical (unpaired) electrons. The van der Waals surface area contributed by atoms with Crippen LogP contribution in [0.5, 0.6) is 5.75 Å². The van der Waals surface area contributed by atoms with Crippen LogP contribution in [-0.4, -0.2) is 48.2 Å². The van der Waals surface area contributed by atoms with Gasteiger partial charge in [-0.1, -0.05) is 12.1 Å². The van der Waals surface area contributed by atoms with E-state index in [0.717, 1.165) is 31.9 Å². The van der Waals surface area contributed by atoms with Crippen LogP contribution in [0.25, 0.3) is 0 Å². The molecule has 0 atom stereocenters. The molecule has 1 fully saturated rings. The molecule has 1 aromatic carbocycles. The van der Waals surface area contributed by atoms with E-state index in [0.29, 0.717) is 5.75 Å². The predicted octanol–water partition coefficient (Wildman–Crippen LogP) is 0.624. The third kappa shape index (κ3) is 2.31. The van der Waals surface area contributed by atoms with E-state index < -0.39 is 0 Å². The highest BCUT2D eigenvalue weighted by Gasteiger charge is 2.23. The van der Waals surface area contributed by atoms with Gasteiger partial charge in [-0.05, 0) is 19.0 Å². The highest BCUT2D eigenvalue weighted by Crippen LogP contribution is 2.27. The first-order valence-corrected chi connectivity index (χ1v) is 5.63. The highest BCUT2D eigenvalue weighted by atomic mass is 16.3. The second kappa shape index (κ2) is 4.76. The topological polar surface area (TPSA) is 46.9 Å². The molecule has 5 heteroatoms. The Bertz CT molecular complexity index is 352. The van der Waals surface area contributed by atoms with Crippen molar-refractivity contribution in [3.63, 3.8) is 0 Å². The number of para-hydroxylation sites is 2. The fraction of sp³-hybridized carbons (Fsp3) is 0.455. The van der Waals surface area contributed by atoms with Gasteiger partial charge in [0.15, 0.2) is 0 Å². The minimum absolute atomic E-state index is 0.327. The summed E-state index contributed by atoms with van der Waals surface area (Å²) in [6, 6.07) is 7.38. The zero-order valence-corrected chi connectivity index (χ0v) is 9.50. The molecule has 0 saturated carbocycles. The summed E-state index contributed by atoms with van der Waals surface area (Å²) >= 11 is 0. The molecule has 2 N–H and O–H groups in total. The maximum absolute atomic E-state index is 9.73. The van der Waals surface area contributed by atoms with Gasteiger partial charge in [0.05, 0.1) is 5.69 Å². The van der Waals surface area contributed by atoms with E-state index >= 15 is 0 Å². The monoisotopic (exact) mass is 220 g/mol. The molecule has 4 nitrogen and oxygen atoms in total. The van der Waals surface area contributed by atoms with Gasteiger partial charge in [0.1, 0.15) is 5.75 Å². The van der Waals surface area contributed by atoms with E-state index in [1.54, 1.807) is 12.9 Å². The van der Waals surface area contributed by atoms with E-state index in [1.165, 1.54) is 0 Å². The van der Waals surface area contributed by atoms with Crippen molar-refractivity contribution in [1.29, 1.82) is 0 Å². The molecule has 2 rings (SSSR count). The highest BCUT2D eigenvalue weighted by molar-refractivity contribution is 6.45. The van der Waals surface area contributed by atoms with Crippen LogP contribution in [0.1, 0.15) is 0 Å². The average Bonchev–Trinajstić information content (AvgIpc) is 2.30. The molecule has 0 spiro atoms. The number of rotatable bonds is 2. The number of anilines is 1. The zero-order valence-electron chi connectivity index (χ0n) is 9.50. The maximum Gasteiger partial charge on any atom is 0.376 e. The molecule has 1 aliphatic rings. The van der Waals surface area contributed by atoms with Gasteiger partial charge in [-0.15, -0.1) is 0 Å². The number of benzene rings is 1. The lowest BCUT2D eigenvalue weighted by atomic mass is 9.84. The van der Waals surface area contributed by atoms with Crippen molar-refractivity contribution in [2.45, 2.75) is 6.82 Å². The molecule has 1 aliphatic heterocycles. The van der Waals surface area contributed by atoms with Gasteiger partial charge >= 0.3 is 7.05 Å². The summed E-state index contributed by atoms with van der Waals surface area (Å²) in [6.07, 6.45) is 0. The molecule has 0 aliphatic carbocycles. The fourth-order valence-corrected chi connectivity index (χ4v) is 2.07. The first-order valence-electron chi connectivity index (χ1n) is 5.63. The predicted molar refractivity (Wildman–Crippen MR) is 65.7 cm³/mol. The van der Waals surface area contributed by atoms with E-state index in [9.17, 15) is 10.1 Å². The largest absolute Gasteiger partial charge is 0.506 e. The molecular weight excluding hydrogens is 203 g/mol. The Hall–Kier alpha value is -1.20. The molecule has 86 valence electrons. The molecule has 1 aromatic rings. The summed E-state index contributed by atoms with van der Waals surface area (Å²) in [4.78, 5) is 4.17. The molecular formula is C11H17BN2O2. The second-order valence-electron chi connectivity index (χ2n) is 4.14. The van der Waals surface area contributed by atoms with Crippen molar-refractivity contribution in [2.75, 3.05) is 31.1 Å². The summed E-state index contributed by atoms with van der Waals surface area (Å²) in [6.45, 7) is 5.11. The summed E-state index contributed by atoms with van der Waals surface area (Å²) in [5, 5.41) is 19.2. The molecule has 0 aromatic heterocycles. The lowest BCUT2D eigenvalue weighted by Crippen LogP contribution is -2.51. The third-order valence-corrected chi connectivity index (χ3v) is 3.07. The van der Waals surface area contributed by atoms with Crippen LogP contribution in [0.2, 0.25) is 6.82 Å². The van der Waals surface area contributed by atoms with E-state index in [4.69, 9.17) is 0 Å². The SMILES string of the molecule is CB(O)N1CCN(c2ccccc2O)CC1. The quantitative estimate of drug-likeness (QED) is 0.717. The normalized spacial score (nSPS) is 17.5. The van der Waals surface area contributed by atoms with Crippen LogP contribution in [-0.2, 0) is 0 Å². The average molecular weight is 220 g/mol. The maximum atomic E-state index is 9.73. The van der Waals surface area contributed by atoms with Gasteiger partial charge in [0, 0.05) is 26.2 Å². The van der Waals surface area contributed by atoms with E-state index in [1.807, 2.05) is 23.0 Å². The van der Waals surface area contributed by atoms with E-state index in [-0.39, 0.29) is 7.05 Å². The number of hydrogen-bond donors (Lipinski definition) is 2. The van der Waals surface area contributed by atoms with Crippen molar-refractivity contribution < 1.29 is 10.1 Å². The Morgan fingerprint density at radius 2 is 1.75 bits per heavy atom. The van der Waals surface area contributed by atoms with Crippen molar-refractivity contribution in [3.8, 4) is 5.75 Å². The van der Waals surface area contributed by atoms with Gasteiger partial charge in [-0.2, -0.15) is 0 Å². The minimum Gasteiger partial charge on any atom is -0.506 e. The Morgan fingerprint density at radius 1 is 1.12 bits per heavy atom. The Morgan fingerprint density at radius 3 is 2.31 bits per heavy atom. The molecule has 1 saturated heterocycles. The number of phenols is 1. The van der Waals surface area contributed by atoms with Gasteiger partial charge in [0.25, 0.3) is 0 Å². The Balaban J connectivity index is 2.02. The third-order valence-electron chi connectivity index (χ3n) is 3.07. The van der Waals surface area contributed by atoms with Crippen molar-refractivity contribution in [3.05, 3.63) is 24.3 Å². The lowest BCUT2D eigenvalue weighted by molar-refractivity contribution is 0.343. The number of hydrogen-bond acceptors (Lipinski definition) is 4. The van der Waals surface area contributed by atoms with Gasteiger partial charge < -0.3 is 19.8 Å². The minimum atomic E-state index is -0.383. The summed E-state index contributed by atoms with van der Waals surface area (Å²) in [5.41, 5.74) is 0.882. The smallest absolute Gasteiger partial charge is 0.376 e. The van der Waals surface area contributed by atoms with Crippen molar-refractivity contribution in [1.82, 2.24) is 4.81 Å². The second-order valence-corrected chi connectivity index (χ2v) is 4.14. The van der Waals surface area contributed by atoms with Gasteiger partial charge in [0.2, 0.25) is 0 Å². The Labute approximate surface area is 96.2 Å². The number of piperazine rings is 1. The van der Waals surface area contributed by atoms with Crippen LogP contribution >= 0.6 is 0 Å².